The number of alkyl halides is 2. The molecule has 16 heavy (non-hydrogen) atoms. The van der Waals surface area contributed by atoms with Gasteiger partial charge in [0.1, 0.15) is 0 Å². The topological polar surface area (TPSA) is 70.2 Å². The highest BCUT2D eigenvalue weighted by Crippen LogP contribution is 2.06. The molecule has 2 atom stereocenters. The first-order valence-electron chi connectivity index (χ1n) is 5.01. The Labute approximate surface area is 93.0 Å². The molecule has 0 fully saturated rings. The molecule has 5 nitrogen and oxygen atoms in total. The Balaban J connectivity index is 4.35. The molecule has 0 aromatic carbocycles. The second kappa shape index (κ2) is 6.37. The highest BCUT2D eigenvalue weighted by atomic mass is 19.1. The number of hydrogen-bond acceptors (Lipinski definition) is 3. The summed E-state index contributed by atoms with van der Waals surface area (Å²) in [5.74, 6) is -4.84. The average Bonchev–Trinajstić information content (AvgIpc) is 2.17. The summed E-state index contributed by atoms with van der Waals surface area (Å²) in [6, 6.07) is 0. The normalized spacial score (nSPS) is 16.1. The molecule has 3 N–H and O–H groups in total. The maximum absolute atomic E-state index is 13.6. The summed E-state index contributed by atoms with van der Waals surface area (Å²) >= 11 is 0. The lowest BCUT2D eigenvalue weighted by molar-refractivity contribution is -0.142. The number of carbonyl (C=O) groups is 2. The largest absolute Gasteiger partial charge is 0.352 e. The van der Waals surface area contributed by atoms with Crippen LogP contribution in [0.1, 0.15) is 20.8 Å². The van der Waals surface area contributed by atoms with E-state index in [1.807, 2.05) is 0 Å². The monoisotopic (exact) mass is 237 g/mol. The molecule has 0 rings (SSSR count). The molecule has 7 heteroatoms. The fourth-order valence-electron chi connectivity index (χ4n) is 0.950. The molecule has 94 valence electrons. The molecule has 0 radical (unpaired) electrons. The van der Waals surface area contributed by atoms with Crippen molar-refractivity contribution in [3.05, 3.63) is 0 Å². The van der Waals surface area contributed by atoms with Crippen molar-refractivity contribution in [1.82, 2.24) is 16.0 Å². The van der Waals surface area contributed by atoms with Crippen molar-refractivity contribution in [3.63, 3.8) is 0 Å². The van der Waals surface area contributed by atoms with Crippen LogP contribution in [0.25, 0.3) is 0 Å². The molecule has 0 aliphatic heterocycles. The maximum atomic E-state index is 13.6. The van der Waals surface area contributed by atoms with Crippen LogP contribution >= 0.6 is 0 Å². The SMILES string of the molecule is CCNC(=O)[C@@](C)(F)NC(=O)[C@H](F)NCC. The van der Waals surface area contributed by atoms with Gasteiger partial charge in [-0.1, -0.05) is 6.92 Å². The molecular weight excluding hydrogens is 220 g/mol. The first-order chi connectivity index (χ1) is 7.35. The van der Waals surface area contributed by atoms with Crippen molar-refractivity contribution in [2.24, 2.45) is 0 Å². The van der Waals surface area contributed by atoms with Crippen molar-refractivity contribution < 1.29 is 18.4 Å². The lowest BCUT2D eigenvalue weighted by Gasteiger charge is -2.21. The van der Waals surface area contributed by atoms with E-state index in [-0.39, 0.29) is 13.1 Å². The Kier molecular flexibility index (Phi) is 5.87. The summed E-state index contributed by atoms with van der Waals surface area (Å²) in [6.07, 6.45) is -2.03. The van der Waals surface area contributed by atoms with Crippen LogP contribution in [0.2, 0.25) is 0 Å². The van der Waals surface area contributed by atoms with Crippen LogP contribution in [0.15, 0.2) is 0 Å². The fourth-order valence-corrected chi connectivity index (χ4v) is 0.950. The Morgan fingerprint density at radius 3 is 2.31 bits per heavy atom. The van der Waals surface area contributed by atoms with Gasteiger partial charge >= 0.3 is 0 Å². The second-order valence-corrected chi connectivity index (χ2v) is 3.27. The highest BCUT2D eigenvalue weighted by molar-refractivity contribution is 5.90. The van der Waals surface area contributed by atoms with E-state index in [1.54, 1.807) is 19.2 Å². The Hall–Kier alpha value is -1.24. The zero-order valence-corrected chi connectivity index (χ0v) is 9.56. The van der Waals surface area contributed by atoms with Crippen molar-refractivity contribution in [2.45, 2.75) is 32.9 Å². The van der Waals surface area contributed by atoms with Crippen LogP contribution in [0.5, 0.6) is 0 Å². The smallest absolute Gasteiger partial charge is 0.278 e. The molecule has 0 heterocycles. The van der Waals surface area contributed by atoms with Gasteiger partial charge < -0.3 is 10.6 Å². The fraction of sp³-hybridized carbons (Fsp3) is 0.778. The zero-order chi connectivity index (χ0) is 12.8. The van der Waals surface area contributed by atoms with Gasteiger partial charge in [0, 0.05) is 6.54 Å². The Morgan fingerprint density at radius 2 is 1.88 bits per heavy atom. The minimum Gasteiger partial charge on any atom is -0.352 e. The Bertz CT molecular complexity index is 259. The van der Waals surface area contributed by atoms with E-state index >= 15 is 0 Å². The number of amides is 2. The van der Waals surface area contributed by atoms with E-state index in [0.717, 1.165) is 6.92 Å². The second-order valence-electron chi connectivity index (χ2n) is 3.27. The van der Waals surface area contributed by atoms with Gasteiger partial charge in [-0.15, -0.1) is 0 Å². The van der Waals surface area contributed by atoms with Gasteiger partial charge in [0.15, 0.2) is 0 Å². The van der Waals surface area contributed by atoms with Crippen LogP contribution in [0, 0.1) is 0 Å². The molecule has 0 unspecified atom stereocenters. The third kappa shape index (κ3) is 4.52. The summed E-state index contributed by atoms with van der Waals surface area (Å²) < 4.78 is 26.5. The van der Waals surface area contributed by atoms with Crippen molar-refractivity contribution in [2.75, 3.05) is 13.1 Å². The number of likely N-dealkylation sites (N-methyl/N-ethyl adjacent to an activating group) is 2. The van der Waals surface area contributed by atoms with Crippen LogP contribution in [0.3, 0.4) is 0 Å². The van der Waals surface area contributed by atoms with Crippen LogP contribution < -0.4 is 16.0 Å². The van der Waals surface area contributed by atoms with E-state index in [0.29, 0.717) is 0 Å². The number of carbonyl (C=O) groups excluding carboxylic acids is 2. The lowest BCUT2D eigenvalue weighted by atomic mass is 10.2. The van der Waals surface area contributed by atoms with E-state index < -0.39 is 23.9 Å². The first kappa shape index (κ1) is 14.8. The number of halogens is 2. The summed E-state index contributed by atoms with van der Waals surface area (Å²) in [6.45, 7) is 4.50. The van der Waals surface area contributed by atoms with Gasteiger partial charge in [-0.05, 0) is 20.4 Å². The molecule has 0 aromatic rings. The molecule has 0 bridgehead atoms. The summed E-state index contributed by atoms with van der Waals surface area (Å²) in [5.41, 5.74) is 0. The molecule has 2 amide bonds. The molecule has 0 aliphatic rings. The van der Waals surface area contributed by atoms with Crippen molar-refractivity contribution in [1.29, 1.82) is 0 Å². The average molecular weight is 237 g/mol. The quantitative estimate of drug-likeness (QED) is 0.562. The van der Waals surface area contributed by atoms with Crippen molar-refractivity contribution >= 4 is 11.8 Å². The first-order valence-corrected chi connectivity index (χ1v) is 5.01. The van der Waals surface area contributed by atoms with Crippen LogP contribution in [0.4, 0.5) is 8.78 Å². The minimum absolute atomic E-state index is 0.221. The number of nitrogens with one attached hydrogen (secondary N) is 3. The summed E-state index contributed by atoms with van der Waals surface area (Å²) in [5, 5.41) is 6.02. The molecule has 0 aromatic heterocycles. The van der Waals surface area contributed by atoms with Crippen LogP contribution in [-0.2, 0) is 9.59 Å². The van der Waals surface area contributed by atoms with Gasteiger partial charge in [0.25, 0.3) is 17.6 Å². The summed E-state index contributed by atoms with van der Waals surface area (Å²) in [7, 11) is 0. The highest BCUT2D eigenvalue weighted by Gasteiger charge is 2.36. The molecular formula is C9H17F2N3O2. The molecule has 0 aliphatic carbocycles. The third-order valence-electron chi connectivity index (χ3n) is 1.74. The third-order valence-corrected chi connectivity index (χ3v) is 1.74. The standard InChI is InChI=1S/C9H17F2N3O2/c1-4-12-6(10)7(15)14-9(3,11)8(16)13-5-2/h6,12H,4-5H2,1-3H3,(H,13,16)(H,14,15)/t6-,9+/m1/s1. The minimum atomic E-state index is -2.62. The lowest BCUT2D eigenvalue weighted by Crippen LogP contribution is -2.57. The van der Waals surface area contributed by atoms with Crippen LogP contribution in [-0.4, -0.2) is 37.0 Å². The number of hydrogen-bond donors (Lipinski definition) is 3. The maximum Gasteiger partial charge on any atom is 0.278 e. The summed E-state index contributed by atoms with van der Waals surface area (Å²) in [4.78, 5) is 22.2. The predicted octanol–water partition coefficient (Wildman–Crippen LogP) is -0.171. The molecule has 0 spiro atoms. The number of rotatable bonds is 6. The van der Waals surface area contributed by atoms with E-state index in [2.05, 4.69) is 10.6 Å². The molecule has 0 saturated carbocycles. The van der Waals surface area contributed by atoms with Gasteiger partial charge in [0.05, 0.1) is 0 Å². The zero-order valence-electron chi connectivity index (χ0n) is 9.56. The van der Waals surface area contributed by atoms with Gasteiger partial charge in [-0.2, -0.15) is 0 Å². The van der Waals surface area contributed by atoms with E-state index in [9.17, 15) is 18.4 Å². The Morgan fingerprint density at radius 1 is 1.31 bits per heavy atom. The van der Waals surface area contributed by atoms with Gasteiger partial charge in [-0.25, -0.2) is 8.78 Å². The predicted molar refractivity (Wildman–Crippen MR) is 54.9 cm³/mol. The van der Waals surface area contributed by atoms with Gasteiger partial charge in [-0.3, -0.25) is 14.9 Å². The van der Waals surface area contributed by atoms with Crippen molar-refractivity contribution in [3.8, 4) is 0 Å². The van der Waals surface area contributed by atoms with E-state index in [1.165, 1.54) is 0 Å². The molecule has 0 saturated heterocycles. The van der Waals surface area contributed by atoms with E-state index in [4.69, 9.17) is 0 Å². The van der Waals surface area contributed by atoms with Gasteiger partial charge in [0.2, 0.25) is 6.30 Å².